The monoisotopic (exact) mass is 269 g/mol. The number of hydrogen-bond donors (Lipinski definition) is 2. The third-order valence-corrected chi connectivity index (χ3v) is 2.45. The summed E-state index contributed by atoms with van der Waals surface area (Å²) >= 11 is 0. The fourth-order valence-electron chi connectivity index (χ4n) is 1.46. The van der Waals surface area contributed by atoms with Gasteiger partial charge in [-0.2, -0.15) is 0 Å². The molecule has 1 aromatic carbocycles. The normalized spacial score (nSPS) is 11.8. The number of ether oxygens (including phenoxy) is 1. The fourth-order valence-corrected chi connectivity index (χ4v) is 1.46. The number of methoxy groups -OCH3 is 1. The average molecular weight is 269 g/mol. The molecule has 0 radical (unpaired) electrons. The number of amides is 1. The second kappa shape index (κ2) is 6.84. The molecule has 0 saturated heterocycles. The predicted octanol–water partition coefficient (Wildman–Crippen LogP) is 1.71. The van der Waals surface area contributed by atoms with Crippen molar-refractivity contribution >= 4 is 17.6 Å². The Labute approximate surface area is 110 Å². The van der Waals surface area contributed by atoms with Gasteiger partial charge in [-0.1, -0.05) is 0 Å². The number of halogens is 1. The van der Waals surface area contributed by atoms with Crippen molar-refractivity contribution in [1.82, 2.24) is 0 Å². The van der Waals surface area contributed by atoms with E-state index in [2.05, 4.69) is 10.1 Å². The minimum Gasteiger partial charge on any atom is -0.465 e. The summed E-state index contributed by atoms with van der Waals surface area (Å²) in [6.07, 6.45) is -0.171. The van der Waals surface area contributed by atoms with Crippen molar-refractivity contribution in [2.24, 2.45) is 0 Å². The lowest BCUT2D eigenvalue weighted by molar-refractivity contribution is -0.116. The minimum absolute atomic E-state index is 0.0482. The van der Waals surface area contributed by atoms with E-state index in [4.69, 9.17) is 5.11 Å². The topological polar surface area (TPSA) is 75.6 Å². The summed E-state index contributed by atoms with van der Waals surface area (Å²) in [5, 5.41) is 11.6. The van der Waals surface area contributed by atoms with Gasteiger partial charge < -0.3 is 15.2 Å². The van der Waals surface area contributed by atoms with Crippen LogP contribution in [-0.4, -0.2) is 30.2 Å². The number of benzene rings is 1. The molecule has 19 heavy (non-hydrogen) atoms. The van der Waals surface area contributed by atoms with Crippen molar-refractivity contribution < 1.29 is 23.8 Å². The van der Waals surface area contributed by atoms with E-state index in [0.717, 1.165) is 12.1 Å². The zero-order valence-electron chi connectivity index (χ0n) is 10.8. The van der Waals surface area contributed by atoms with Gasteiger partial charge in [-0.25, -0.2) is 9.18 Å². The summed E-state index contributed by atoms with van der Waals surface area (Å²) in [7, 11) is 1.17. The first-order chi connectivity index (χ1) is 8.93. The first-order valence-corrected chi connectivity index (χ1v) is 5.79. The van der Waals surface area contributed by atoms with E-state index in [1.807, 2.05) is 0 Å². The molecule has 2 N–H and O–H groups in total. The number of nitrogens with one attached hydrogen (secondary N) is 1. The number of rotatable bonds is 5. The number of hydrogen-bond acceptors (Lipinski definition) is 4. The summed E-state index contributed by atoms with van der Waals surface area (Å²) in [5.41, 5.74) is 0.136. The van der Waals surface area contributed by atoms with Gasteiger partial charge in [-0.15, -0.1) is 0 Å². The minimum atomic E-state index is -0.731. The lowest BCUT2D eigenvalue weighted by Gasteiger charge is -2.10. The van der Waals surface area contributed by atoms with Gasteiger partial charge in [-0.05, 0) is 31.5 Å². The lowest BCUT2D eigenvalue weighted by Crippen LogP contribution is -2.17. The van der Waals surface area contributed by atoms with Crippen LogP contribution < -0.4 is 5.32 Å². The van der Waals surface area contributed by atoms with Crippen molar-refractivity contribution in [2.75, 3.05) is 12.4 Å². The first-order valence-electron chi connectivity index (χ1n) is 5.79. The Morgan fingerprint density at radius 1 is 1.47 bits per heavy atom. The average Bonchev–Trinajstić information content (AvgIpc) is 2.37. The van der Waals surface area contributed by atoms with E-state index in [9.17, 15) is 14.0 Å². The lowest BCUT2D eigenvalue weighted by atomic mass is 10.1. The molecule has 6 heteroatoms. The second-order valence-corrected chi connectivity index (χ2v) is 4.12. The van der Waals surface area contributed by atoms with Crippen molar-refractivity contribution in [3.05, 3.63) is 29.6 Å². The number of carbonyl (C=O) groups is 2. The van der Waals surface area contributed by atoms with Crippen molar-refractivity contribution in [2.45, 2.75) is 25.9 Å². The van der Waals surface area contributed by atoms with E-state index in [1.54, 1.807) is 6.92 Å². The molecule has 5 nitrogen and oxygen atoms in total. The molecule has 0 aliphatic rings. The Bertz CT molecular complexity index is 474. The molecule has 1 atom stereocenters. The van der Waals surface area contributed by atoms with Crippen LogP contribution in [0.5, 0.6) is 0 Å². The van der Waals surface area contributed by atoms with Crippen molar-refractivity contribution in [1.29, 1.82) is 0 Å². The molecule has 0 aliphatic carbocycles. The Hall–Kier alpha value is -1.95. The third kappa shape index (κ3) is 4.67. The number of anilines is 1. The Morgan fingerprint density at radius 3 is 2.74 bits per heavy atom. The van der Waals surface area contributed by atoms with Gasteiger partial charge >= 0.3 is 5.97 Å². The van der Waals surface area contributed by atoms with E-state index in [0.29, 0.717) is 6.42 Å². The summed E-state index contributed by atoms with van der Waals surface area (Å²) in [4.78, 5) is 23.1. The van der Waals surface area contributed by atoms with E-state index in [1.165, 1.54) is 13.2 Å². The maximum Gasteiger partial charge on any atom is 0.340 e. The molecule has 1 unspecified atom stereocenters. The maximum absolute atomic E-state index is 13.1. The molecule has 0 aromatic heterocycles. The van der Waals surface area contributed by atoms with Crippen LogP contribution >= 0.6 is 0 Å². The molecular formula is C13H16FNO4. The zero-order valence-corrected chi connectivity index (χ0v) is 10.8. The van der Waals surface area contributed by atoms with Crippen LogP contribution in [0.25, 0.3) is 0 Å². The maximum atomic E-state index is 13.1. The van der Waals surface area contributed by atoms with Gasteiger partial charge in [0.15, 0.2) is 0 Å². The highest BCUT2D eigenvalue weighted by atomic mass is 19.1. The summed E-state index contributed by atoms with van der Waals surface area (Å²) in [6, 6.07) is 3.43. The number of carbonyl (C=O) groups excluding carboxylic acids is 2. The Morgan fingerprint density at radius 2 is 2.16 bits per heavy atom. The third-order valence-electron chi connectivity index (χ3n) is 2.45. The van der Waals surface area contributed by atoms with Crippen molar-refractivity contribution in [3.63, 3.8) is 0 Å². The van der Waals surface area contributed by atoms with Crippen LogP contribution in [0.3, 0.4) is 0 Å². The van der Waals surface area contributed by atoms with E-state index >= 15 is 0 Å². The molecule has 0 fully saturated rings. The Kier molecular flexibility index (Phi) is 5.44. The molecule has 0 aliphatic heterocycles. The second-order valence-electron chi connectivity index (χ2n) is 4.12. The van der Waals surface area contributed by atoms with E-state index in [-0.39, 0.29) is 23.6 Å². The highest BCUT2D eigenvalue weighted by Gasteiger charge is 2.15. The van der Waals surface area contributed by atoms with Crippen LogP contribution in [0.15, 0.2) is 18.2 Å². The Balaban J connectivity index is 2.82. The van der Waals surface area contributed by atoms with E-state index < -0.39 is 17.9 Å². The highest BCUT2D eigenvalue weighted by molar-refractivity contribution is 6.01. The number of esters is 1. The largest absolute Gasteiger partial charge is 0.465 e. The SMILES string of the molecule is COC(=O)c1cc(F)ccc1NC(=O)CCC(C)O. The van der Waals surface area contributed by atoms with Gasteiger partial charge in [0.05, 0.1) is 24.5 Å². The molecule has 1 rings (SSSR count). The fraction of sp³-hybridized carbons (Fsp3) is 0.385. The molecule has 0 bridgehead atoms. The number of aliphatic hydroxyl groups is 1. The van der Waals surface area contributed by atoms with Crippen molar-refractivity contribution in [3.8, 4) is 0 Å². The molecule has 0 heterocycles. The van der Waals surface area contributed by atoms with Crippen LogP contribution in [0.2, 0.25) is 0 Å². The van der Waals surface area contributed by atoms with Gasteiger partial charge in [0, 0.05) is 6.42 Å². The highest BCUT2D eigenvalue weighted by Crippen LogP contribution is 2.18. The van der Waals surface area contributed by atoms with Crippen LogP contribution in [0, 0.1) is 5.82 Å². The predicted molar refractivity (Wildman–Crippen MR) is 67.3 cm³/mol. The van der Waals surface area contributed by atoms with Gasteiger partial charge in [-0.3, -0.25) is 4.79 Å². The summed E-state index contributed by atoms with van der Waals surface area (Å²) in [6.45, 7) is 1.57. The van der Waals surface area contributed by atoms with Gasteiger partial charge in [0.25, 0.3) is 0 Å². The molecule has 0 spiro atoms. The zero-order chi connectivity index (χ0) is 14.4. The summed E-state index contributed by atoms with van der Waals surface area (Å²) in [5.74, 6) is -1.69. The first kappa shape index (κ1) is 15.1. The molecule has 0 saturated carbocycles. The van der Waals surface area contributed by atoms with Crippen LogP contribution in [0.4, 0.5) is 10.1 Å². The molecule has 104 valence electrons. The molecule has 1 amide bonds. The summed E-state index contributed by atoms with van der Waals surface area (Å²) < 4.78 is 17.6. The van der Waals surface area contributed by atoms with Gasteiger partial charge in [0.1, 0.15) is 5.82 Å². The standard InChI is InChI=1S/C13H16FNO4/c1-8(16)3-6-12(17)15-11-5-4-9(14)7-10(11)13(18)19-2/h4-5,7-8,16H,3,6H2,1-2H3,(H,15,17). The number of aliphatic hydroxyl groups excluding tert-OH is 1. The quantitative estimate of drug-likeness (QED) is 0.798. The molecule has 1 aromatic rings. The van der Waals surface area contributed by atoms with Crippen LogP contribution in [-0.2, 0) is 9.53 Å². The van der Waals surface area contributed by atoms with Crippen LogP contribution in [0.1, 0.15) is 30.1 Å². The molecular weight excluding hydrogens is 253 g/mol. The van der Waals surface area contributed by atoms with Gasteiger partial charge in [0.2, 0.25) is 5.91 Å². The smallest absolute Gasteiger partial charge is 0.340 e.